The summed E-state index contributed by atoms with van der Waals surface area (Å²) in [5.41, 5.74) is 6.04. The second-order valence-corrected chi connectivity index (χ2v) is 4.65. The highest BCUT2D eigenvalue weighted by atomic mass is 19.2. The Kier molecular flexibility index (Phi) is 3.61. The molecule has 0 radical (unpaired) electrons. The summed E-state index contributed by atoms with van der Waals surface area (Å²) >= 11 is 0. The molecule has 1 aromatic carbocycles. The fourth-order valence-corrected chi connectivity index (χ4v) is 2.59. The highest BCUT2D eigenvalue weighted by Gasteiger charge is 2.25. The summed E-state index contributed by atoms with van der Waals surface area (Å²) in [7, 11) is 0. The number of hydrogen-bond donors (Lipinski definition) is 2. The molecule has 1 fully saturated rings. The highest BCUT2D eigenvalue weighted by molar-refractivity contribution is 5.94. The van der Waals surface area contributed by atoms with Gasteiger partial charge < -0.3 is 11.1 Å². The van der Waals surface area contributed by atoms with Gasteiger partial charge in [0.05, 0.1) is 0 Å². The lowest BCUT2D eigenvalue weighted by Gasteiger charge is -2.25. The topological polar surface area (TPSA) is 55.1 Å². The summed E-state index contributed by atoms with van der Waals surface area (Å²) in [5.74, 6) is -2.62. The lowest BCUT2D eigenvalue weighted by molar-refractivity contribution is 0.0999. The molecular weight excluding hydrogens is 238 g/mol. The van der Waals surface area contributed by atoms with Crippen molar-refractivity contribution in [2.45, 2.75) is 25.7 Å². The van der Waals surface area contributed by atoms with E-state index in [0.29, 0.717) is 11.1 Å². The molecule has 1 aliphatic heterocycles. The van der Waals surface area contributed by atoms with Crippen LogP contribution in [0.2, 0.25) is 0 Å². The van der Waals surface area contributed by atoms with E-state index in [-0.39, 0.29) is 11.5 Å². The molecule has 1 amide bonds. The van der Waals surface area contributed by atoms with Gasteiger partial charge in [0.1, 0.15) is 0 Å². The highest BCUT2D eigenvalue weighted by Crippen LogP contribution is 2.32. The van der Waals surface area contributed by atoms with E-state index >= 15 is 0 Å². The number of rotatable bonds is 2. The number of primary amides is 1. The van der Waals surface area contributed by atoms with Gasteiger partial charge in [-0.25, -0.2) is 8.78 Å². The molecule has 5 heteroatoms. The average Bonchev–Trinajstić information content (AvgIpc) is 2.35. The molecule has 0 atom stereocenters. The van der Waals surface area contributed by atoms with Crippen molar-refractivity contribution in [1.29, 1.82) is 0 Å². The van der Waals surface area contributed by atoms with Crippen molar-refractivity contribution >= 4 is 5.91 Å². The number of benzene rings is 1. The number of carbonyl (C=O) groups is 1. The number of halogens is 2. The molecule has 0 bridgehead atoms. The van der Waals surface area contributed by atoms with Crippen LogP contribution in [-0.4, -0.2) is 19.0 Å². The molecule has 0 aromatic heterocycles. The van der Waals surface area contributed by atoms with Crippen LogP contribution in [0.15, 0.2) is 6.07 Å². The van der Waals surface area contributed by atoms with Crippen molar-refractivity contribution in [2.24, 2.45) is 5.73 Å². The van der Waals surface area contributed by atoms with Gasteiger partial charge in [-0.1, -0.05) is 0 Å². The van der Waals surface area contributed by atoms with Gasteiger partial charge in [-0.05, 0) is 56.0 Å². The van der Waals surface area contributed by atoms with Gasteiger partial charge in [-0.2, -0.15) is 0 Å². The zero-order valence-corrected chi connectivity index (χ0v) is 10.2. The summed E-state index contributed by atoms with van der Waals surface area (Å²) in [6.45, 7) is 3.16. The van der Waals surface area contributed by atoms with Crippen LogP contribution < -0.4 is 11.1 Å². The van der Waals surface area contributed by atoms with Crippen LogP contribution in [0.4, 0.5) is 8.78 Å². The molecule has 0 aliphatic carbocycles. The maximum Gasteiger partial charge on any atom is 0.249 e. The zero-order valence-electron chi connectivity index (χ0n) is 10.2. The maximum absolute atomic E-state index is 13.9. The lowest BCUT2D eigenvalue weighted by atomic mass is 9.85. The van der Waals surface area contributed by atoms with Gasteiger partial charge in [0.25, 0.3) is 0 Å². The lowest BCUT2D eigenvalue weighted by Crippen LogP contribution is -2.28. The van der Waals surface area contributed by atoms with Gasteiger partial charge >= 0.3 is 0 Å². The summed E-state index contributed by atoms with van der Waals surface area (Å²) < 4.78 is 27.5. The molecule has 1 aromatic rings. The van der Waals surface area contributed by atoms with Crippen molar-refractivity contribution in [3.8, 4) is 0 Å². The summed E-state index contributed by atoms with van der Waals surface area (Å²) in [5, 5.41) is 3.17. The number of carbonyl (C=O) groups excluding carboxylic acids is 1. The number of amides is 1. The summed E-state index contributed by atoms with van der Waals surface area (Å²) in [6, 6.07) is 0.886. The normalized spacial score (nSPS) is 16.8. The Hall–Kier alpha value is -1.49. The molecule has 3 N–H and O–H groups in total. The number of nitrogens with two attached hydrogens (primary N) is 1. The number of nitrogens with one attached hydrogen (secondary N) is 1. The molecule has 1 heterocycles. The van der Waals surface area contributed by atoms with Crippen molar-refractivity contribution in [3.05, 3.63) is 34.4 Å². The Morgan fingerprint density at radius 1 is 1.39 bits per heavy atom. The number of hydrogen-bond acceptors (Lipinski definition) is 2. The molecular formula is C13H16F2N2O. The van der Waals surface area contributed by atoms with Gasteiger partial charge in [-0.15, -0.1) is 0 Å². The molecule has 3 nitrogen and oxygen atoms in total. The molecule has 18 heavy (non-hydrogen) atoms. The Balaban J connectivity index is 2.53. The van der Waals surface area contributed by atoms with E-state index in [1.165, 1.54) is 0 Å². The van der Waals surface area contributed by atoms with Crippen LogP contribution in [0.3, 0.4) is 0 Å². The summed E-state index contributed by atoms with van der Waals surface area (Å²) in [6.07, 6.45) is 1.47. The SMILES string of the molecule is Cc1c(C(N)=O)cc(F)c(F)c1C1CCNCC1. The van der Waals surface area contributed by atoms with E-state index in [1.807, 2.05) is 0 Å². The standard InChI is InChI=1S/C13H16F2N2O/c1-7-9(13(16)18)6-10(14)12(15)11(7)8-2-4-17-5-3-8/h6,8,17H,2-5H2,1H3,(H2,16,18). The van der Waals surface area contributed by atoms with E-state index < -0.39 is 17.5 Å². The minimum Gasteiger partial charge on any atom is -0.366 e. The Morgan fingerprint density at radius 3 is 2.56 bits per heavy atom. The maximum atomic E-state index is 13.9. The van der Waals surface area contributed by atoms with E-state index in [9.17, 15) is 13.6 Å². The fourth-order valence-electron chi connectivity index (χ4n) is 2.59. The molecule has 0 unspecified atom stereocenters. The predicted molar refractivity (Wildman–Crippen MR) is 64.5 cm³/mol. The van der Waals surface area contributed by atoms with E-state index in [0.717, 1.165) is 32.0 Å². The Bertz CT molecular complexity index is 482. The van der Waals surface area contributed by atoms with Crippen LogP contribution in [0.5, 0.6) is 0 Å². The van der Waals surface area contributed by atoms with Crippen molar-refractivity contribution in [3.63, 3.8) is 0 Å². The molecule has 1 saturated heterocycles. The van der Waals surface area contributed by atoms with Crippen molar-refractivity contribution in [2.75, 3.05) is 13.1 Å². The summed E-state index contributed by atoms with van der Waals surface area (Å²) in [4.78, 5) is 11.2. The predicted octanol–water partition coefficient (Wildman–Crippen LogP) is 1.84. The third-order valence-corrected chi connectivity index (χ3v) is 3.54. The van der Waals surface area contributed by atoms with Crippen LogP contribution in [-0.2, 0) is 0 Å². The molecule has 0 spiro atoms. The van der Waals surface area contributed by atoms with Crippen LogP contribution in [0, 0.1) is 18.6 Å². The van der Waals surface area contributed by atoms with Gasteiger partial charge in [0.2, 0.25) is 5.91 Å². The minimum atomic E-state index is -0.997. The first-order chi connectivity index (χ1) is 8.52. The third-order valence-electron chi connectivity index (χ3n) is 3.54. The monoisotopic (exact) mass is 254 g/mol. The minimum absolute atomic E-state index is 0.0555. The zero-order chi connectivity index (χ0) is 13.3. The van der Waals surface area contributed by atoms with Gasteiger partial charge in [-0.3, -0.25) is 4.79 Å². The molecule has 1 aliphatic rings. The van der Waals surface area contributed by atoms with Crippen LogP contribution in [0.1, 0.15) is 40.2 Å². The largest absolute Gasteiger partial charge is 0.366 e. The molecule has 98 valence electrons. The van der Waals surface area contributed by atoms with Crippen LogP contribution >= 0.6 is 0 Å². The van der Waals surface area contributed by atoms with Gasteiger partial charge in [0, 0.05) is 5.56 Å². The molecule has 2 rings (SSSR count). The Labute approximate surface area is 104 Å². The first-order valence-electron chi connectivity index (χ1n) is 6.01. The average molecular weight is 254 g/mol. The first kappa shape index (κ1) is 13.0. The fraction of sp³-hybridized carbons (Fsp3) is 0.462. The van der Waals surface area contributed by atoms with E-state index in [1.54, 1.807) is 6.92 Å². The van der Waals surface area contributed by atoms with E-state index in [4.69, 9.17) is 5.73 Å². The molecule has 0 saturated carbocycles. The first-order valence-corrected chi connectivity index (χ1v) is 6.01. The second-order valence-electron chi connectivity index (χ2n) is 4.65. The van der Waals surface area contributed by atoms with Crippen molar-refractivity contribution in [1.82, 2.24) is 5.32 Å². The van der Waals surface area contributed by atoms with E-state index in [2.05, 4.69) is 5.32 Å². The quantitative estimate of drug-likeness (QED) is 0.846. The third kappa shape index (κ3) is 2.22. The van der Waals surface area contributed by atoms with Crippen LogP contribution in [0.25, 0.3) is 0 Å². The number of piperidine rings is 1. The van der Waals surface area contributed by atoms with Crippen molar-refractivity contribution < 1.29 is 13.6 Å². The smallest absolute Gasteiger partial charge is 0.249 e. The Morgan fingerprint density at radius 2 is 2.00 bits per heavy atom. The second kappa shape index (κ2) is 5.02. The van der Waals surface area contributed by atoms with Gasteiger partial charge in [0.15, 0.2) is 11.6 Å².